The topological polar surface area (TPSA) is 9.23 Å². The first-order chi connectivity index (χ1) is 7.06. The van der Waals surface area contributed by atoms with Crippen molar-refractivity contribution in [3.05, 3.63) is 23.5 Å². The zero-order valence-corrected chi connectivity index (χ0v) is 11.2. The SMILES string of the molecule is C[Si](C)(C)OC1=C2CCCC2CC=CC1. The summed E-state index contributed by atoms with van der Waals surface area (Å²) in [4.78, 5) is 0. The van der Waals surface area contributed by atoms with E-state index in [1.54, 1.807) is 5.57 Å². The van der Waals surface area contributed by atoms with Gasteiger partial charge in [0.25, 0.3) is 0 Å². The quantitative estimate of drug-likeness (QED) is 0.501. The standard InChI is InChI=1S/C13H22OSi/c1-15(2,3)14-13-10-5-4-7-11-8-6-9-12(11)13/h4-5,11H,6-10H2,1-3H3. The van der Waals surface area contributed by atoms with Gasteiger partial charge in [0.05, 0.1) is 5.76 Å². The van der Waals surface area contributed by atoms with Gasteiger partial charge in [0.2, 0.25) is 8.32 Å². The van der Waals surface area contributed by atoms with Gasteiger partial charge in [-0.05, 0) is 56.8 Å². The van der Waals surface area contributed by atoms with Crippen LogP contribution in [-0.2, 0) is 4.43 Å². The molecule has 0 aliphatic heterocycles. The second-order valence-corrected chi connectivity index (χ2v) is 10.1. The minimum Gasteiger partial charge on any atom is -0.547 e. The number of fused-ring (bicyclic) bond motifs is 1. The van der Waals surface area contributed by atoms with E-state index in [0.29, 0.717) is 0 Å². The van der Waals surface area contributed by atoms with Gasteiger partial charge in [0, 0.05) is 6.42 Å². The Morgan fingerprint density at radius 1 is 1.27 bits per heavy atom. The zero-order valence-electron chi connectivity index (χ0n) is 10.2. The van der Waals surface area contributed by atoms with Gasteiger partial charge in [-0.3, -0.25) is 0 Å². The van der Waals surface area contributed by atoms with E-state index >= 15 is 0 Å². The van der Waals surface area contributed by atoms with Crippen LogP contribution in [0.1, 0.15) is 32.1 Å². The third-order valence-corrected chi connectivity index (χ3v) is 4.03. The predicted octanol–water partition coefficient (Wildman–Crippen LogP) is 4.24. The Morgan fingerprint density at radius 2 is 2.07 bits per heavy atom. The number of rotatable bonds is 2. The summed E-state index contributed by atoms with van der Waals surface area (Å²) in [5.41, 5.74) is 1.64. The molecule has 1 saturated carbocycles. The lowest BCUT2D eigenvalue weighted by molar-refractivity contribution is 0.398. The lowest BCUT2D eigenvalue weighted by Crippen LogP contribution is -2.25. The summed E-state index contributed by atoms with van der Waals surface area (Å²) in [6, 6.07) is 0. The predicted molar refractivity (Wildman–Crippen MR) is 67.2 cm³/mol. The molecule has 15 heavy (non-hydrogen) atoms. The Labute approximate surface area is 94.3 Å². The smallest absolute Gasteiger partial charge is 0.241 e. The third kappa shape index (κ3) is 2.74. The number of hydrogen-bond acceptors (Lipinski definition) is 1. The minimum atomic E-state index is -1.42. The Morgan fingerprint density at radius 3 is 2.80 bits per heavy atom. The van der Waals surface area contributed by atoms with Gasteiger partial charge in [-0.15, -0.1) is 0 Å². The summed E-state index contributed by atoms with van der Waals surface area (Å²) in [7, 11) is -1.42. The van der Waals surface area contributed by atoms with Crippen LogP contribution in [0.3, 0.4) is 0 Å². The van der Waals surface area contributed by atoms with Gasteiger partial charge in [0.1, 0.15) is 0 Å². The molecule has 2 aliphatic carbocycles. The molecular weight excluding hydrogens is 200 g/mol. The fourth-order valence-corrected chi connectivity index (χ4v) is 3.56. The lowest BCUT2D eigenvalue weighted by atomic mass is 9.99. The van der Waals surface area contributed by atoms with Crippen LogP contribution in [0.4, 0.5) is 0 Å². The van der Waals surface area contributed by atoms with Crippen LogP contribution in [0.2, 0.25) is 19.6 Å². The van der Waals surface area contributed by atoms with Crippen LogP contribution >= 0.6 is 0 Å². The highest BCUT2D eigenvalue weighted by atomic mass is 28.4. The molecule has 1 unspecified atom stereocenters. The van der Waals surface area contributed by atoms with Crippen molar-refractivity contribution < 1.29 is 4.43 Å². The Kier molecular flexibility index (Phi) is 3.05. The molecule has 2 rings (SSSR count). The Bertz CT molecular complexity index is 296. The molecule has 2 heteroatoms. The number of allylic oxidation sites excluding steroid dienone is 3. The van der Waals surface area contributed by atoms with E-state index in [4.69, 9.17) is 4.43 Å². The fraction of sp³-hybridized carbons (Fsp3) is 0.692. The summed E-state index contributed by atoms with van der Waals surface area (Å²) < 4.78 is 6.24. The molecule has 2 aliphatic rings. The summed E-state index contributed by atoms with van der Waals surface area (Å²) in [6.07, 6.45) is 10.9. The van der Waals surface area contributed by atoms with Crippen molar-refractivity contribution in [3.63, 3.8) is 0 Å². The van der Waals surface area contributed by atoms with Crippen LogP contribution < -0.4 is 0 Å². The molecule has 0 heterocycles. The van der Waals surface area contributed by atoms with Gasteiger partial charge in [-0.2, -0.15) is 0 Å². The first-order valence-corrected chi connectivity index (χ1v) is 9.53. The van der Waals surface area contributed by atoms with Gasteiger partial charge < -0.3 is 4.43 Å². The molecule has 0 amide bonds. The molecule has 0 N–H and O–H groups in total. The van der Waals surface area contributed by atoms with E-state index in [9.17, 15) is 0 Å². The van der Waals surface area contributed by atoms with Crippen LogP contribution in [-0.4, -0.2) is 8.32 Å². The second-order valence-electron chi connectivity index (χ2n) is 5.66. The summed E-state index contributed by atoms with van der Waals surface area (Å²) in [6.45, 7) is 6.83. The maximum Gasteiger partial charge on any atom is 0.241 e. The highest BCUT2D eigenvalue weighted by Gasteiger charge is 2.27. The van der Waals surface area contributed by atoms with Crippen LogP contribution in [0.5, 0.6) is 0 Å². The van der Waals surface area contributed by atoms with Crippen molar-refractivity contribution in [2.24, 2.45) is 5.92 Å². The molecule has 0 radical (unpaired) electrons. The second kappa shape index (κ2) is 4.16. The van der Waals surface area contributed by atoms with E-state index in [2.05, 4.69) is 31.8 Å². The Hall–Kier alpha value is -0.503. The molecule has 0 aromatic carbocycles. The van der Waals surface area contributed by atoms with E-state index in [0.717, 1.165) is 12.3 Å². The molecule has 0 aromatic rings. The van der Waals surface area contributed by atoms with E-state index in [-0.39, 0.29) is 0 Å². The van der Waals surface area contributed by atoms with Crippen molar-refractivity contribution in [1.29, 1.82) is 0 Å². The molecule has 0 aromatic heterocycles. The average molecular weight is 222 g/mol. The molecule has 1 fully saturated rings. The molecule has 84 valence electrons. The van der Waals surface area contributed by atoms with Crippen molar-refractivity contribution in [1.82, 2.24) is 0 Å². The maximum absolute atomic E-state index is 6.24. The van der Waals surface area contributed by atoms with E-state index < -0.39 is 8.32 Å². The molecular formula is C13H22OSi. The third-order valence-electron chi connectivity index (χ3n) is 3.17. The normalized spacial score (nSPS) is 26.5. The first-order valence-electron chi connectivity index (χ1n) is 6.12. The zero-order chi connectivity index (χ0) is 10.9. The lowest BCUT2D eigenvalue weighted by Gasteiger charge is -2.24. The average Bonchev–Trinajstić information content (AvgIpc) is 2.50. The largest absolute Gasteiger partial charge is 0.547 e. The molecule has 1 atom stereocenters. The van der Waals surface area contributed by atoms with E-state index in [1.807, 2.05) is 0 Å². The van der Waals surface area contributed by atoms with Crippen molar-refractivity contribution in [3.8, 4) is 0 Å². The molecule has 0 bridgehead atoms. The van der Waals surface area contributed by atoms with Gasteiger partial charge >= 0.3 is 0 Å². The Balaban J connectivity index is 2.21. The van der Waals surface area contributed by atoms with Gasteiger partial charge in [-0.25, -0.2) is 0 Å². The molecule has 0 saturated heterocycles. The van der Waals surface area contributed by atoms with E-state index in [1.165, 1.54) is 31.4 Å². The van der Waals surface area contributed by atoms with Crippen LogP contribution in [0.15, 0.2) is 23.5 Å². The first kappa shape index (κ1) is 11.0. The van der Waals surface area contributed by atoms with Gasteiger partial charge in [0.15, 0.2) is 0 Å². The van der Waals surface area contributed by atoms with Gasteiger partial charge in [-0.1, -0.05) is 12.2 Å². The number of hydrogen-bond donors (Lipinski definition) is 0. The molecule has 0 spiro atoms. The highest BCUT2D eigenvalue weighted by molar-refractivity contribution is 6.70. The summed E-state index contributed by atoms with van der Waals surface area (Å²) in [5, 5.41) is 0. The van der Waals surface area contributed by atoms with Crippen molar-refractivity contribution >= 4 is 8.32 Å². The van der Waals surface area contributed by atoms with Crippen LogP contribution in [0, 0.1) is 5.92 Å². The summed E-state index contributed by atoms with van der Waals surface area (Å²) in [5.74, 6) is 2.13. The summed E-state index contributed by atoms with van der Waals surface area (Å²) >= 11 is 0. The van der Waals surface area contributed by atoms with Crippen LogP contribution in [0.25, 0.3) is 0 Å². The molecule has 1 nitrogen and oxygen atoms in total. The highest BCUT2D eigenvalue weighted by Crippen LogP contribution is 2.39. The monoisotopic (exact) mass is 222 g/mol. The minimum absolute atomic E-state index is 0.801. The van der Waals surface area contributed by atoms with Crippen molar-refractivity contribution in [2.75, 3.05) is 0 Å². The maximum atomic E-state index is 6.24. The van der Waals surface area contributed by atoms with Crippen molar-refractivity contribution in [2.45, 2.75) is 51.7 Å². The fourth-order valence-electron chi connectivity index (χ4n) is 2.60.